The second kappa shape index (κ2) is 23.4. The topological polar surface area (TPSA) is 376 Å². The normalized spacial score (nSPS) is 14.4. The Labute approximate surface area is 343 Å². The van der Waals surface area contributed by atoms with E-state index in [-0.39, 0.29) is 37.3 Å². The predicted molar refractivity (Wildman–Crippen MR) is 209 cm³/mol. The first-order chi connectivity index (χ1) is 28.5. The van der Waals surface area contributed by atoms with Crippen molar-refractivity contribution in [1.82, 2.24) is 51.8 Å². The van der Waals surface area contributed by atoms with Crippen molar-refractivity contribution in [2.24, 2.45) is 11.5 Å². The molecule has 2 heterocycles. The van der Waals surface area contributed by atoms with Crippen molar-refractivity contribution in [2.45, 2.75) is 94.7 Å². The average Bonchev–Trinajstić information content (AvgIpc) is 3.72. The van der Waals surface area contributed by atoms with Gasteiger partial charge in [-0.3, -0.25) is 38.5 Å². The molecule has 7 amide bonds. The van der Waals surface area contributed by atoms with E-state index < -0.39 is 96.1 Å². The van der Waals surface area contributed by atoms with E-state index in [1.54, 1.807) is 0 Å². The summed E-state index contributed by atoms with van der Waals surface area (Å²) >= 11 is 0. The van der Waals surface area contributed by atoms with Crippen LogP contribution in [0.15, 0.2) is 55.4 Å². The Balaban J connectivity index is 1.84. The third kappa shape index (κ3) is 15.4. The first-order valence-corrected chi connectivity index (χ1v) is 18.7. The van der Waals surface area contributed by atoms with Crippen molar-refractivity contribution in [1.29, 1.82) is 0 Å². The molecule has 3 rings (SSSR count). The van der Waals surface area contributed by atoms with E-state index >= 15 is 0 Å². The summed E-state index contributed by atoms with van der Waals surface area (Å²) in [5, 5.41) is 43.5. The van der Waals surface area contributed by atoms with Crippen LogP contribution in [0, 0.1) is 0 Å². The minimum atomic E-state index is -1.78. The highest BCUT2D eigenvalue weighted by Crippen LogP contribution is 2.13. The summed E-state index contributed by atoms with van der Waals surface area (Å²) in [6.07, 6.45) is 4.93. The third-order valence-corrected chi connectivity index (χ3v) is 8.82. The largest absolute Gasteiger partial charge is 0.508 e. The molecule has 60 heavy (non-hydrogen) atoms. The van der Waals surface area contributed by atoms with Crippen LogP contribution in [0.25, 0.3) is 0 Å². The number of carbonyl (C=O) groups excluding carboxylic acids is 7. The molecule has 2 aromatic heterocycles. The summed E-state index contributed by atoms with van der Waals surface area (Å²) < 4.78 is 0. The number of nitrogens with one attached hydrogen (secondary N) is 7. The van der Waals surface area contributed by atoms with E-state index in [2.05, 4.69) is 46.5 Å². The van der Waals surface area contributed by atoms with Gasteiger partial charge < -0.3 is 63.7 Å². The number of phenolic OH excluding ortho intramolecular Hbond substituents is 1. The van der Waals surface area contributed by atoms with Gasteiger partial charge in [0, 0.05) is 37.1 Å². The van der Waals surface area contributed by atoms with Gasteiger partial charge in [0.15, 0.2) is 6.04 Å². The number of imidazole rings is 1. The molecule has 7 atom stereocenters. The van der Waals surface area contributed by atoms with E-state index in [4.69, 9.17) is 11.5 Å². The zero-order valence-electron chi connectivity index (χ0n) is 32.8. The fourth-order valence-electron chi connectivity index (χ4n) is 5.59. The van der Waals surface area contributed by atoms with Gasteiger partial charge in [-0.15, -0.1) is 0 Å². The Morgan fingerprint density at radius 2 is 1.35 bits per heavy atom. The highest BCUT2D eigenvalue weighted by atomic mass is 16.4. The fraction of sp³-hybridized carbons (Fsp3) is 0.432. The first kappa shape index (κ1) is 47.4. The Bertz CT molecular complexity index is 1930. The number of unbranched alkanes of at least 4 members (excludes halogenated alkanes) is 1. The summed E-state index contributed by atoms with van der Waals surface area (Å²) in [6, 6.07) is -3.08. The van der Waals surface area contributed by atoms with E-state index in [9.17, 15) is 53.7 Å². The highest BCUT2D eigenvalue weighted by molar-refractivity contribution is 5.99. The number of carboxylic acid groups (broad SMARTS) is 1. The molecule has 1 aromatic carbocycles. The Hall–Kier alpha value is -7.01. The first-order valence-electron chi connectivity index (χ1n) is 18.7. The van der Waals surface area contributed by atoms with Crippen LogP contribution in [0.4, 0.5) is 0 Å². The number of aromatic nitrogens is 4. The lowest BCUT2D eigenvalue weighted by molar-refractivity contribution is -0.145. The number of aliphatic carboxylic acids is 1. The number of aromatic amines is 1. The van der Waals surface area contributed by atoms with Crippen LogP contribution in [0.2, 0.25) is 0 Å². The second-order valence-electron chi connectivity index (χ2n) is 13.7. The van der Waals surface area contributed by atoms with Gasteiger partial charge in [-0.1, -0.05) is 12.1 Å². The van der Waals surface area contributed by atoms with Gasteiger partial charge >= 0.3 is 5.97 Å². The molecule has 324 valence electrons. The number of primary amides is 1. The fourth-order valence-corrected chi connectivity index (χ4v) is 5.59. The molecule has 0 unspecified atom stereocenters. The van der Waals surface area contributed by atoms with Crippen LogP contribution < -0.4 is 43.4 Å². The molecule has 0 saturated carbocycles. The molecule has 14 N–H and O–H groups in total. The lowest BCUT2D eigenvalue weighted by Crippen LogP contribution is -2.60. The number of carboxylic acids is 1. The smallest absolute Gasteiger partial charge is 0.328 e. The number of rotatable bonds is 24. The van der Waals surface area contributed by atoms with Gasteiger partial charge in [-0.25, -0.2) is 14.8 Å². The standard InChI is InChI=1S/C37H50N12O11/c1-19(31(53)46-27(15-29(39)52)35(57)49-30(20(2)50)37(59)60)44-32(54)24(5-3-4-10-38)45-33(55)25(13-21-6-8-23(51)9-7-21)47-34(56)26(14-22-16-41-18-43-22)48-36(58)28-17-40-11-12-42-28/h6-9,11-12,16-20,24-27,30,50-51H,3-5,10,13-15,38H2,1-2H3,(H2,39,52)(H,41,43)(H,44,54)(H,45,55)(H,46,53)(H,47,56)(H,48,58)(H,49,57)(H,59,60)/t19-,20+,24-,25-,26-,27+,30-/m0/s1. The lowest BCUT2D eigenvalue weighted by Gasteiger charge is -2.27. The quantitative estimate of drug-likeness (QED) is 0.0388. The Morgan fingerprint density at radius 1 is 0.733 bits per heavy atom. The van der Waals surface area contributed by atoms with Crippen LogP contribution in [-0.2, 0) is 46.4 Å². The minimum Gasteiger partial charge on any atom is -0.508 e. The Morgan fingerprint density at radius 3 is 1.92 bits per heavy atom. The van der Waals surface area contributed by atoms with Crippen LogP contribution in [0.1, 0.15) is 61.3 Å². The zero-order valence-corrected chi connectivity index (χ0v) is 32.8. The van der Waals surface area contributed by atoms with Crippen molar-refractivity contribution >= 4 is 47.3 Å². The second-order valence-corrected chi connectivity index (χ2v) is 13.7. The molecule has 0 bridgehead atoms. The van der Waals surface area contributed by atoms with Crippen LogP contribution >= 0.6 is 0 Å². The summed E-state index contributed by atoms with van der Waals surface area (Å²) in [7, 11) is 0. The van der Waals surface area contributed by atoms with E-state index in [1.165, 1.54) is 62.3 Å². The predicted octanol–water partition coefficient (Wildman–Crippen LogP) is -3.60. The van der Waals surface area contributed by atoms with Gasteiger partial charge in [0.25, 0.3) is 5.91 Å². The summed E-state index contributed by atoms with van der Waals surface area (Å²) in [4.78, 5) is 119. The minimum absolute atomic E-state index is 0.0161. The van der Waals surface area contributed by atoms with Crippen LogP contribution in [0.5, 0.6) is 5.75 Å². The van der Waals surface area contributed by atoms with Gasteiger partial charge in [0.2, 0.25) is 35.4 Å². The maximum atomic E-state index is 14.1. The number of hydrogen-bond acceptors (Lipinski definition) is 14. The summed E-state index contributed by atoms with van der Waals surface area (Å²) in [6.45, 7) is 2.59. The van der Waals surface area contributed by atoms with Crippen molar-refractivity contribution < 1.29 is 53.7 Å². The number of aliphatic hydroxyl groups is 1. The van der Waals surface area contributed by atoms with Crippen molar-refractivity contribution in [3.05, 3.63) is 72.3 Å². The van der Waals surface area contributed by atoms with Crippen LogP contribution in [0.3, 0.4) is 0 Å². The van der Waals surface area contributed by atoms with Gasteiger partial charge in [0.1, 0.15) is 41.7 Å². The average molecular weight is 839 g/mol. The molecule has 0 fully saturated rings. The molecule has 23 heteroatoms. The highest BCUT2D eigenvalue weighted by Gasteiger charge is 2.34. The molecule has 0 aliphatic carbocycles. The van der Waals surface area contributed by atoms with Gasteiger partial charge in [-0.05, 0) is 57.4 Å². The van der Waals surface area contributed by atoms with E-state index in [1.807, 2.05) is 5.32 Å². The number of aliphatic hydroxyl groups excluding tert-OH is 1. The summed E-state index contributed by atoms with van der Waals surface area (Å²) in [5.41, 5.74) is 11.8. The molecular formula is C37H50N12O11. The third-order valence-electron chi connectivity index (χ3n) is 8.82. The molecule has 0 saturated heterocycles. The summed E-state index contributed by atoms with van der Waals surface area (Å²) in [5.74, 6) is -8.06. The van der Waals surface area contributed by atoms with Gasteiger partial charge in [-0.2, -0.15) is 0 Å². The van der Waals surface area contributed by atoms with Crippen molar-refractivity contribution in [3.8, 4) is 5.75 Å². The number of carbonyl (C=O) groups is 8. The number of hydrogen-bond donors (Lipinski definition) is 12. The molecule has 0 aliphatic heterocycles. The maximum Gasteiger partial charge on any atom is 0.328 e. The van der Waals surface area contributed by atoms with E-state index in [0.29, 0.717) is 24.1 Å². The lowest BCUT2D eigenvalue weighted by atomic mass is 10.0. The van der Waals surface area contributed by atoms with Crippen LogP contribution in [-0.4, -0.2) is 131 Å². The molecule has 3 aromatic rings. The van der Waals surface area contributed by atoms with E-state index in [0.717, 1.165) is 6.92 Å². The maximum absolute atomic E-state index is 14.1. The molecular weight excluding hydrogens is 788 g/mol. The monoisotopic (exact) mass is 838 g/mol. The molecule has 23 nitrogen and oxygen atoms in total. The SMILES string of the molecule is C[C@H](NC(=O)[C@H](CCCCN)NC(=O)[C@H](Cc1ccc(O)cc1)NC(=O)[C@H](Cc1cnc[nH]1)NC(=O)c1cnccn1)C(=O)N[C@H](CC(N)=O)C(=O)N[C@H](C(=O)O)[C@@H](C)O. The van der Waals surface area contributed by atoms with Crippen molar-refractivity contribution in [3.63, 3.8) is 0 Å². The zero-order chi connectivity index (χ0) is 44.4. The number of aromatic hydroxyl groups is 1. The molecule has 0 aliphatic rings. The Kier molecular flexibility index (Phi) is 18.5. The number of benzene rings is 1. The number of phenols is 1. The van der Waals surface area contributed by atoms with Gasteiger partial charge in [0.05, 0.1) is 25.0 Å². The number of nitrogens with zero attached hydrogens (tertiary/aromatic N) is 3. The number of nitrogens with two attached hydrogens (primary N) is 2. The molecule has 0 spiro atoms. The number of amides is 7. The molecule has 0 radical (unpaired) electrons. The van der Waals surface area contributed by atoms with Crippen molar-refractivity contribution in [2.75, 3.05) is 6.54 Å². The number of H-pyrrole nitrogens is 1.